The minimum absolute atomic E-state index is 0.847. The molecule has 0 fully saturated rings. The number of hydrogen-bond acceptors (Lipinski definition) is 2. The van der Waals surface area contributed by atoms with Crippen LogP contribution >= 0.6 is 0 Å². The number of rotatable bonds is 2. The Labute approximate surface area is 184 Å². The summed E-state index contributed by atoms with van der Waals surface area (Å²) in [5.74, 6) is 0.847. The van der Waals surface area contributed by atoms with Gasteiger partial charge < -0.3 is 4.57 Å². The monoisotopic (exact) mass is 410 g/mol. The molecule has 0 aliphatic rings. The van der Waals surface area contributed by atoms with Crippen LogP contribution in [0.1, 0.15) is 0 Å². The maximum absolute atomic E-state index is 4.51. The summed E-state index contributed by atoms with van der Waals surface area (Å²) in [6.45, 7) is 0. The van der Waals surface area contributed by atoms with Crippen molar-refractivity contribution >= 4 is 43.5 Å². The van der Waals surface area contributed by atoms with E-state index in [2.05, 4.69) is 110 Å². The Bertz CT molecular complexity index is 1770. The summed E-state index contributed by atoms with van der Waals surface area (Å²) in [5, 5.41) is 14.6. The van der Waals surface area contributed by atoms with Crippen molar-refractivity contribution < 1.29 is 0 Å². The van der Waals surface area contributed by atoms with Crippen molar-refractivity contribution in [1.29, 1.82) is 0 Å². The van der Waals surface area contributed by atoms with Crippen molar-refractivity contribution in [3.05, 3.63) is 109 Å². The second kappa shape index (κ2) is 6.53. The quantitative estimate of drug-likeness (QED) is 0.319. The van der Waals surface area contributed by atoms with Crippen LogP contribution in [0.25, 0.3) is 55.0 Å². The van der Waals surface area contributed by atoms with Crippen molar-refractivity contribution in [1.82, 2.24) is 19.3 Å². The molecule has 0 N–H and O–H groups in total. The summed E-state index contributed by atoms with van der Waals surface area (Å²) >= 11 is 0. The normalized spacial score (nSPS) is 11.8. The summed E-state index contributed by atoms with van der Waals surface area (Å²) in [6.07, 6.45) is 3.91. The maximum atomic E-state index is 4.51. The molecule has 7 rings (SSSR count). The molecule has 0 unspecified atom stereocenters. The van der Waals surface area contributed by atoms with E-state index in [0.29, 0.717) is 0 Å². The Morgan fingerprint density at radius 1 is 0.562 bits per heavy atom. The first kappa shape index (κ1) is 17.3. The van der Waals surface area contributed by atoms with Gasteiger partial charge in [0.25, 0.3) is 0 Å². The van der Waals surface area contributed by atoms with Gasteiger partial charge in [-0.1, -0.05) is 60.7 Å². The van der Waals surface area contributed by atoms with Gasteiger partial charge in [0.1, 0.15) is 0 Å². The second-order valence-corrected chi connectivity index (χ2v) is 8.06. The third-order valence-corrected chi connectivity index (χ3v) is 6.28. The second-order valence-electron chi connectivity index (χ2n) is 8.06. The highest BCUT2D eigenvalue weighted by Gasteiger charge is 2.16. The smallest absolute Gasteiger partial charge is 0.167 e. The lowest BCUT2D eigenvalue weighted by molar-refractivity contribution is 0.956. The fourth-order valence-electron chi connectivity index (χ4n) is 4.83. The van der Waals surface area contributed by atoms with Crippen molar-refractivity contribution in [3.63, 3.8) is 0 Å². The molecule has 3 heterocycles. The molecule has 0 atom stereocenters. The van der Waals surface area contributed by atoms with Crippen molar-refractivity contribution in [2.75, 3.05) is 0 Å². The average Bonchev–Trinajstić information content (AvgIpc) is 3.41. The van der Waals surface area contributed by atoms with Crippen LogP contribution in [0.5, 0.6) is 0 Å². The first-order valence-electron chi connectivity index (χ1n) is 10.7. The minimum atomic E-state index is 0.847. The predicted molar refractivity (Wildman–Crippen MR) is 131 cm³/mol. The summed E-state index contributed by atoms with van der Waals surface area (Å²) in [4.78, 5) is 0. The van der Waals surface area contributed by atoms with E-state index in [9.17, 15) is 0 Å². The topological polar surface area (TPSA) is 35.6 Å². The molecule has 0 aliphatic heterocycles. The SMILES string of the molecule is c1ccc(-n2c3ccccc3c3cc4ccn(-c5nncc6ccccc56)c4cc32)cc1. The molecule has 0 saturated heterocycles. The Kier molecular flexibility index (Phi) is 3.52. The predicted octanol–water partition coefficient (Wildman–Crippen LogP) is 6.67. The molecular formula is C28H18N4. The molecule has 4 nitrogen and oxygen atoms in total. The highest BCUT2D eigenvalue weighted by molar-refractivity contribution is 6.13. The summed E-state index contributed by atoms with van der Waals surface area (Å²) in [5.41, 5.74) is 4.65. The zero-order valence-corrected chi connectivity index (χ0v) is 17.2. The van der Waals surface area contributed by atoms with E-state index >= 15 is 0 Å². The summed E-state index contributed by atoms with van der Waals surface area (Å²) in [7, 11) is 0. The summed E-state index contributed by atoms with van der Waals surface area (Å²) in [6, 6.07) is 34.1. The van der Waals surface area contributed by atoms with E-state index in [1.165, 1.54) is 27.2 Å². The van der Waals surface area contributed by atoms with Crippen molar-refractivity contribution in [3.8, 4) is 11.5 Å². The van der Waals surface area contributed by atoms with E-state index in [1.54, 1.807) is 0 Å². The van der Waals surface area contributed by atoms with Gasteiger partial charge >= 0.3 is 0 Å². The van der Waals surface area contributed by atoms with Crippen LogP contribution in [0, 0.1) is 0 Å². The first-order valence-corrected chi connectivity index (χ1v) is 10.7. The molecular weight excluding hydrogens is 392 g/mol. The summed E-state index contributed by atoms with van der Waals surface area (Å²) < 4.78 is 4.49. The Hall–Kier alpha value is -4.44. The van der Waals surface area contributed by atoms with E-state index in [4.69, 9.17) is 0 Å². The number of benzene rings is 4. The van der Waals surface area contributed by atoms with Crippen LogP contribution in [0.15, 0.2) is 109 Å². The van der Waals surface area contributed by atoms with Gasteiger partial charge in [-0.05, 0) is 36.4 Å². The van der Waals surface area contributed by atoms with Crippen LogP contribution < -0.4 is 0 Å². The van der Waals surface area contributed by atoms with Gasteiger partial charge in [0.05, 0.1) is 22.7 Å². The van der Waals surface area contributed by atoms with Crippen LogP contribution in [-0.4, -0.2) is 19.3 Å². The van der Waals surface area contributed by atoms with E-state index in [-0.39, 0.29) is 0 Å². The molecule has 150 valence electrons. The number of fused-ring (bicyclic) bond motifs is 5. The third kappa shape index (κ3) is 2.38. The number of aromatic nitrogens is 4. The average molecular weight is 410 g/mol. The molecule has 0 aliphatic carbocycles. The Balaban J connectivity index is 1.60. The fourth-order valence-corrected chi connectivity index (χ4v) is 4.83. The number of hydrogen-bond donors (Lipinski definition) is 0. The van der Waals surface area contributed by atoms with Gasteiger partial charge in [0, 0.05) is 38.8 Å². The molecule has 0 spiro atoms. The maximum Gasteiger partial charge on any atom is 0.167 e. The molecule has 3 aromatic heterocycles. The number of nitrogens with zero attached hydrogens (tertiary/aromatic N) is 4. The first-order chi connectivity index (χ1) is 15.9. The molecule has 0 saturated carbocycles. The van der Waals surface area contributed by atoms with Crippen LogP contribution in [-0.2, 0) is 0 Å². The van der Waals surface area contributed by atoms with Gasteiger partial charge in [0.2, 0.25) is 0 Å². The van der Waals surface area contributed by atoms with Crippen LogP contribution in [0.4, 0.5) is 0 Å². The molecule has 0 amide bonds. The standard InChI is InChI=1S/C28H18N4/c1-2-9-21(10-3-1)32-25-13-7-6-12-23(25)24-16-19-14-15-31(26(19)17-27(24)32)28-22-11-5-4-8-20(22)18-29-30-28/h1-18H. The van der Waals surface area contributed by atoms with E-state index in [1.807, 2.05) is 18.3 Å². The zero-order valence-electron chi connectivity index (χ0n) is 17.2. The van der Waals surface area contributed by atoms with Crippen molar-refractivity contribution in [2.45, 2.75) is 0 Å². The lowest BCUT2D eigenvalue weighted by atomic mass is 10.1. The van der Waals surface area contributed by atoms with Gasteiger partial charge in [-0.15, -0.1) is 5.10 Å². The zero-order chi connectivity index (χ0) is 21.1. The highest BCUT2D eigenvalue weighted by atomic mass is 15.2. The molecule has 7 aromatic rings. The molecule has 32 heavy (non-hydrogen) atoms. The van der Waals surface area contributed by atoms with Crippen LogP contribution in [0.3, 0.4) is 0 Å². The van der Waals surface area contributed by atoms with Gasteiger partial charge in [0.15, 0.2) is 5.82 Å². The number of para-hydroxylation sites is 2. The Morgan fingerprint density at radius 2 is 1.34 bits per heavy atom. The van der Waals surface area contributed by atoms with Crippen LogP contribution in [0.2, 0.25) is 0 Å². The molecule has 4 heteroatoms. The Morgan fingerprint density at radius 3 is 2.25 bits per heavy atom. The fraction of sp³-hybridized carbons (Fsp3) is 0. The van der Waals surface area contributed by atoms with E-state index in [0.717, 1.165) is 27.8 Å². The minimum Gasteiger partial charge on any atom is -0.309 e. The van der Waals surface area contributed by atoms with E-state index < -0.39 is 0 Å². The largest absolute Gasteiger partial charge is 0.309 e. The van der Waals surface area contributed by atoms with Gasteiger partial charge in [-0.2, -0.15) is 5.10 Å². The third-order valence-electron chi connectivity index (χ3n) is 6.28. The molecule has 4 aromatic carbocycles. The lowest BCUT2D eigenvalue weighted by Crippen LogP contribution is -1.99. The van der Waals surface area contributed by atoms with Gasteiger partial charge in [-0.3, -0.25) is 4.57 Å². The molecule has 0 radical (unpaired) electrons. The highest BCUT2D eigenvalue weighted by Crippen LogP contribution is 2.36. The van der Waals surface area contributed by atoms with Gasteiger partial charge in [-0.25, -0.2) is 0 Å². The van der Waals surface area contributed by atoms with Crippen molar-refractivity contribution in [2.24, 2.45) is 0 Å². The lowest BCUT2D eigenvalue weighted by Gasteiger charge is -2.10. The molecule has 0 bridgehead atoms.